The van der Waals surface area contributed by atoms with Gasteiger partial charge >= 0.3 is 0 Å². The molecule has 11 aromatic rings. The Bertz CT molecular complexity index is 3160. The van der Waals surface area contributed by atoms with Gasteiger partial charge in [0.15, 0.2) is 5.58 Å². The fourth-order valence-electron chi connectivity index (χ4n) is 7.75. The molecule has 54 heavy (non-hydrogen) atoms. The highest BCUT2D eigenvalue weighted by atomic mass is 16.4. The van der Waals surface area contributed by atoms with E-state index in [0.29, 0.717) is 5.89 Å². The summed E-state index contributed by atoms with van der Waals surface area (Å²) in [5.74, 6) is 0.595. The molecule has 0 saturated carbocycles. The molecule has 0 spiro atoms. The normalized spacial score (nSPS) is 11.7. The van der Waals surface area contributed by atoms with Crippen LogP contribution in [0.5, 0.6) is 0 Å². The van der Waals surface area contributed by atoms with Crippen molar-refractivity contribution in [2.24, 2.45) is 0 Å². The summed E-state index contributed by atoms with van der Waals surface area (Å²) in [6.45, 7) is 0. The molecule has 0 radical (unpaired) electrons. The van der Waals surface area contributed by atoms with Gasteiger partial charge in [0.25, 0.3) is 0 Å². The van der Waals surface area contributed by atoms with Crippen LogP contribution in [0.25, 0.3) is 88.7 Å². The molecule has 0 saturated heterocycles. The zero-order chi connectivity index (χ0) is 35.6. The van der Waals surface area contributed by atoms with Gasteiger partial charge in [-0.1, -0.05) is 115 Å². The molecule has 0 N–H and O–H groups in total. The Kier molecular flexibility index (Phi) is 6.79. The number of oxazole rings is 1. The van der Waals surface area contributed by atoms with Gasteiger partial charge in [0.1, 0.15) is 27.8 Å². The second kappa shape index (κ2) is 12.1. The van der Waals surface area contributed by atoms with E-state index >= 15 is 0 Å². The molecule has 3 aromatic heterocycles. The Balaban J connectivity index is 1.05. The van der Waals surface area contributed by atoms with E-state index in [2.05, 4.69) is 132 Å². The van der Waals surface area contributed by atoms with Crippen molar-refractivity contribution in [2.45, 2.75) is 0 Å². The van der Waals surface area contributed by atoms with E-state index in [1.165, 1.54) is 0 Å². The number of anilines is 3. The van der Waals surface area contributed by atoms with Crippen LogP contribution in [0.1, 0.15) is 0 Å². The number of hydrogen-bond acceptors (Lipinski definition) is 5. The van der Waals surface area contributed by atoms with Crippen LogP contribution in [0.4, 0.5) is 17.1 Å². The Morgan fingerprint density at radius 1 is 0.370 bits per heavy atom. The summed E-state index contributed by atoms with van der Waals surface area (Å²) in [6.07, 6.45) is 0. The smallest absolute Gasteiger partial charge is 0.227 e. The maximum absolute atomic E-state index is 6.58. The molecule has 0 bridgehead atoms. The zero-order valence-electron chi connectivity index (χ0n) is 28.9. The van der Waals surface area contributed by atoms with Crippen molar-refractivity contribution >= 4 is 72.0 Å². The van der Waals surface area contributed by atoms with Crippen LogP contribution < -0.4 is 4.90 Å². The van der Waals surface area contributed by atoms with Crippen molar-refractivity contribution in [1.29, 1.82) is 0 Å². The van der Waals surface area contributed by atoms with E-state index in [1.807, 2.05) is 54.6 Å². The maximum Gasteiger partial charge on any atom is 0.227 e. The molecule has 0 aliphatic rings. The molecule has 0 aliphatic heterocycles. The number of aromatic nitrogens is 1. The number of benzene rings is 8. The fourth-order valence-corrected chi connectivity index (χ4v) is 7.75. The Morgan fingerprint density at radius 3 is 1.87 bits per heavy atom. The Morgan fingerprint density at radius 2 is 1.02 bits per heavy atom. The SMILES string of the molecule is c1ccc(-c2nc3cc4oc5cc(N(c6ccc(-c7cccc8c7oc7ccccc78)cc6)c6ccccc6-c6ccccc6)ccc5c4cc3o2)cc1. The number of fused-ring (bicyclic) bond motifs is 7. The Hall–Kier alpha value is -7.37. The topological polar surface area (TPSA) is 55.6 Å². The van der Waals surface area contributed by atoms with Gasteiger partial charge in [-0.15, -0.1) is 0 Å². The van der Waals surface area contributed by atoms with E-state index in [-0.39, 0.29) is 0 Å². The lowest BCUT2D eigenvalue weighted by Crippen LogP contribution is -2.11. The van der Waals surface area contributed by atoms with E-state index in [9.17, 15) is 0 Å². The summed E-state index contributed by atoms with van der Waals surface area (Å²) in [6, 6.07) is 62.8. The molecule has 254 valence electrons. The van der Waals surface area contributed by atoms with E-state index < -0.39 is 0 Å². The predicted molar refractivity (Wildman–Crippen MR) is 220 cm³/mol. The Labute approximate surface area is 309 Å². The number of para-hydroxylation sites is 3. The summed E-state index contributed by atoms with van der Waals surface area (Å²) in [5, 5.41) is 4.24. The monoisotopic (exact) mass is 694 g/mol. The lowest BCUT2D eigenvalue weighted by atomic mass is 10.00. The molecular formula is C49H30N2O3. The van der Waals surface area contributed by atoms with Crippen molar-refractivity contribution in [1.82, 2.24) is 4.98 Å². The highest BCUT2D eigenvalue weighted by Crippen LogP contribution is 2.44. The van der Waals surface area contributed by atoms with E-state index in [1.54, 1.807) is 0 Å². The minimum atomic E-state index is 0.595. The average Bonchev–Trinajstić information content (AvgIpc) is 3.94. The summed E-state index contributed by atoms with van der Waals surface area (Å²) in [7, 11) is 0. The molecule has 0 fully saturated rings. The van der Waals surface area contributed by atoms with Crippen molar-refractivity contribution in [3.63, 3.8) is 0 Å². The zero-order valence-corrected chi connectivity index (χ0v) is 28.9. The minimum absolute atomic E-state index is 0.595. The van der Waals surface area contributed by atoms with Crippen LogP contribution in [0, 0.1) is 0 Å². The third kappa shape index (κ3) is 4.90. The third-order valence-corrected chi connectivity index (χ3v) is 10.3. The van der Waals surface area contributed by atoms with Crippen LogP contribution in [-0.4, -0.2) is 4.98 Å². The second-order valence-corrected chi connectivity index (χ2v) is 13.5. The average molecular weight is 695 g/mol. The van der Waals surface area contributed by atoms with Gasteiger partial charge in [-0.05, 0) is 65.7 Å². The lowest BCUT2D eigenvalue weighted by molar-refractivity contribution is 0.620. The first-order chi connectivity index (χ1) is 26.7. The highest BCUT2D eigenvalue weighted by molar-refractivity contribution is 6.11. The molecule has 3 heterocycles. The van der Waals surface area contributed by atoms with Gasteiger partial charge in [-0.2, -0.15) is 0 Å². The first-order valence-electron chi connectivity index (χ1n) is 18.0. The summed E-state index contributed by atoms with van der Waals surface area (Å²) >= 11 is 0. The lowest BCUT2D eigenvalue weighted by Gasteiger charge is -2.28. The predicted octanol–water partition coefficient (Wildman–Crippen LogP) is 14.1. The number of hydrogen-bond donors (Lipinski definition) is 0. The van der Waals surface area contributed by atoms with Crippen molar-refractivity contribution in [3.05, 3.63) is 182 Å². The quantitative estimate of drug-likeness (QED) is 0.173. The minimum Gasteiger partial charge on any atom is -0.456 e. The van der Waals surface area contributed by atoms with Crippen LogP contribution in [0.3, 0.4) is 0 Å². The highest BCUT2D eigenvalue weighted by Gasteiger charge is 2.21. The van der Waals surface area contributed by atoms with Crippen LogP contribution in [-0.2, 0) is 0 Å². The molecular weight excluding hydrogens is 665 g/mol. The number of furan rings is 2. The van der Waals surface area contributed by atoms with Gasteiger partial charge in [-0.25, -0.2) is 4.98 Å². The van der Waals surface area contributed by atoms with Gasteiger partial charge in [-0.3, -0.25) is 0 Å². The van der Waals surface area contributed by atoms with Crippen molar-refractivity contribution < 1.29 is 13.3 Å². The van der Waals surface area contributed by atoms with Crippen LogP contribution in [0.15, 0.2) is 195 Å². The first kappa shape index (κ1) is 30.3. The van der Waals surface area contributed by atoms with Gasteiger partial charge in [0, 0.05) is 61.7 Å². The summed E-state index contributed by atoms with van der Waals surface area (Å²) in [4.78, 5) is 7.09. The second-order valence-electron chi connectivity index (χ2n) is 13.5. The van der Waals surface area contributed by atoms with Crippen LogP contribution >= 0.6 is 0 Å². The molecule has 5 nitrogen and oxygen atoms in total. The van der Waals surface area contributed by atoms with E-state index in [4.69, 9.17) is 18.2 Å². The molecule has 0 atom stereocenters. The van der Waals surface area contributed by atoms with Crippen molar-refractivity contribution in [2.75, 3.05) is 4.90 Å². The third-order valence-electron chi connectivity index (χ3n) is 10.3. The molecule has 8 aromatic carbocycles. The molecule has 11 rings (SSSR count). The maximum atomic E-state index is 6.58. The molecule has 0 aliphatic carbocycles. The standard InChI is InChI=1S/C49H30N2O3/c1-3-12-31(13-4-1)36-16-7-9-20-43(36)51(34-24-22-32(23-25-34)37-18-11-19-40-38-17-8-10-21-44(38)53-48(37)40)35-26-27-39-41-29-47-42(30-46(41)52-45(39)28-35)50-49(54-47)33-14-5-2-6-15-33/h1-30H. The molecule has 0 amide bonds. The van der Waals surface area contributed by atoms with E-state index in [0.717, 1.165) is 99.9 Å². The van der Waals surface area contributed by atoms with Crippen LogP contribution in [0.2, 0.25) is 0 Å². The van der Waals surface area contributed by atoms with Gasteiger partial charge in [0.05, 0.1) is 5.69 Å². The summed E-state index contributed by atoms with van der Waals surface area (Å²) in [5.41, 5.74) is 13.2. The summed E-state index contributed by atoms with van der Waals surface area (Å²) < 4.78 is 19.2. The molecule has 5 heteroatoms. The van der Waals surface area contributed by atoms with Gasteiger partial charge < -0.3 is 18.2 Å². The van der Waals surface area contributed by atoms with Gasteiger partial charge in [0.2, 0.25) is 5.89 Å². The fraction of sp³-hybridized carbons (Fsp3) is 0. The first-order valence-corrected chi connectivity index (χ1v) is 18.0. The largest absolute Gasteiger partial charge is 0.456 e. The van der Waals surface area contributed by atoms with Crippen molar-refractivity contribution in [3.8, 4) is 33.7 Å². The number of rotatable bonds is 6. The number of nitrogens with zero attached hydrogens (tertiary/aromatic N) is 2. The molecule has 0 unspecified atom stereocenters.